The number of rotatable bonds is 6. The summed E-state index contributed by atoms with van der Waals surface area (Å²) in [6.45, 7) is 4.16. The fourth-order valence-electron chi connectivity index (χ4n) is 2.65. The Kier molecular flexibility index (Phi) is 4.77. The van der Waals surface area contributed by atoms with Gasteiger partial charge in [0.05, 0.1) is 0 Å². The molecule has 3 aromatic heterocycles. The molecule has 0 radical (unpaired) electrons. The molecular weight excluding hydrogens is 360 g/mol. The quantitative estimate of drug-likeness (QED) is 0.642. The second kappa shape index (κ2) is 7.22. The van der Waals surface area contributed by atoms with E-state index in [1.807, 2.05) is 31.1 Å². The van der Waals surface area contributed by atoms with Crippen LogP contribution >= 0.6 is 11.8 Å². The van der Waals surface area contributed by atoms with Crippen molar-refractivity contribution < 1.29 is 0 Å². The summed E-state index contributed by atoms with van der Waals surface area (Å²) in [6, 6.07) is 4.35. The Bertz CT molecular complexity index is 908. The summed E-state index contributed by atoms with van der Waals surface area (Å²) >= 11 is 1.45. The Balaban J connectivity index is 1.72. The van der Waals surface area contributed by atoms with Gasteiger partial charge in [0.15, 0.2) is 11.0 Å². The van der Waals surface area contributed by atoms with Crippen LogP contribution in [-0.4, -0.2) is 48.8 Å². The van der Waals surface area contributed by atoms with Crippen LogP contribution in [0.15, 0.2) is 34.8 Å². The van der Waals surface area contributed by atoms with Crippen molar-refractivity contribution in [3.63, 3.8) is 0 Å². The van der Waals surface area contributed by atoms with Crippen LogP contribution in [-0.2, 0) is 0 Å². The van der Waals surface area contributed by atoms with Gasteiger partial charge in [-0.2, -0.15) is 9.97 Å². The van der Waals surface area contributed by atoms with E-state index in [0.717, 1.165) is 35.2 Å². The fourth-order valence-corrected chi connectivity index (χ4v) is 3.50. The summed E-state index contributed by atoms with van der Waals surface area (Å²) in [6.07, 6.45) is 5.83. The molecule has 0 bridgehead atoms. The van der Waals surface area contributed by atoms with Gasteiger partial charge in [-0.15, -0.1) is 10.2 Å². The Morgan fingerprint density at radius 1 is 1.07 bits per heavy atom. The molecule has 1 aliphatic rings. The highest BCUT2D eigenvalue weighted by atomic mass is 32.2. The van der Waals surface area contributed by atoms with Gasteiger partial charge in [0.25, 0.3) is 0 Å². The Morgan fingerprint density at radius 2 is 1.81 bits per heavy atom. The molecule has 0 saturated heterocycles. The summed E-state index contributed by atoms with van der Waals surface area (Å²) in [5.41, 5.74) is 1.02. The van der Waals surface area contributed by atoms with Crippen LogP contribution in [0.2, 0.25) is 0 Å². The molecule has 0 N–H and O–H groups in total. The molecule has 0 aliphatic heterocycles. The van der Waals surface area contributed by atoms with Gasteiger partial charge in [0.1, 0.15) is 5.82 Å². The molecule has 3 heterocycles. The lowest BCUT2D eigenvalue weighted by atomic mass is 10.2. The van der Waals surface area contributed by atoms with Crippen LogP contribution < -0.4 is 4.90 Å². The van der Waals surface area contributed by atoms with E-state index >= 15 is 0 Å². The van der Waals surface area contributed by atoms with Crippen molar-refractivity contribution in [3.05, 3.63) is 30.4 Å². The van der Waals surface area contributed by atoms with Gasteiger partial charge in [-0.1, -0.05) is 13.8 Å². The van der Waals surface area contributed by atoms with Crippen LogP contribution in [0.3, 0.4) is 0 Å². The van der Waals surface area contributed by atoms with E-state index < -0.39 is 0 Å². The summed E-state index contributed by atoms with van der Waals surface area (Å²) < 4.78 is 2.20. The molecule has 9 heteroatoms. The zero-order chi connectivity index (χ0) is 19.0. The smallest absolute Gasteiger partial charge is 0.229 e. The van der Waals surface area contributed by atoms with Crippen LogP contribution in [0.25, 0.3) is 11.4 Å². The topological polar surface area (TPSA) is 85.5 Å². The van der Waals surface area contributed by atoms with E-state index in [-0.39, 0.29) is 5.92 Å². The molecule has 27 heavy (non-hydrogen) atoms. The Morgan fingerprint density at radius 3 is 2.44 bits per heavy atom. The predicted molar refractivity (Wildman–Crippen MR) is 104 cm³/mol. The summed E-state index contributed by atoms with van der Waals surface area (Å²) in [5, 5.41) is 10.3. The van der Waals surface area contributed by atoms with Gasteiger partial charge in [-0.3, -0.25) is 9.55 Å². The van der Waals surface area contributed by atoms with Crippen molar-refractivity contribution in [3.8, 4) is 11.4 Å². The maximum atomic E-state index is 4.64. The number of nitrogens with zero attached hydrogens (tertiary/aromatic N) is 8. The van der Waals surface area contributed by atoms with Crippen molar-refractivity contribution in [1.82, 2.24) is 34.7 Å². The second-order valence-electron chi connectivity index (χ2n) is 7.07. The van der Waals surface area contributed by atoms with Crippen LogP contribution in [0.4, 0.5) is 5.95 Å². The molecule has 0 aromatic carbocycles. The largest absolute Gasteiger partial charge is 0.347 e. The molecule has 0 atom stereocenters. The van der Waals surface area contributed by atoms with Gasteiger partial charge in [-0.05, 0) is 36.7 Å². The van der Waals surface area contributed by atoms with Gasteiger partial charge in [0.2, 0.25) is 11.1 Å². The normalized spacial score (nSPS) is 14.0. The highest BCUT2D eigenvalue weighted by Crippen LogP contribution is 2.42. The fraction of sp³-hybridized carbons (Fsp3) is 0.444. The zero-order valence-corrected chi connectivity index (χ0v) is 16.7. The van der Waals surface area contributed by atoms with E-state index in [0.29, 0.717) is 17.1 Å². The first-order chi connectivity index (χ1) is 13.0. The van der Waals surface area contributed by atoms with Gasteiger partial charge < -0.3 is 4.90 Å². The van der Waals surface area contributed by atoms with E-state index in [1.54, 1.807) is 12.4 Å². The van der Waals surface area contributed by atoms with Crippen LogP contribution in [0, 0.1) is 0 Å². The molecule has 1 aliphatic carbocycles. The third-order valence-electron chi connectivity index (χ3n) is 4.23. The van der Waals surface area contributed by atoms with Crippen molar-refractivity contribution in [2.24, 2.45) is 0 Å². The first-order valence-electron chi connectivity index (χ1n) is 8.99. The van der Waals surface area contributed by atoms with E-state index in [4.69, 9.17) is 0 Å². The third kappa shape index (κ3) is 3.78. The molecule has 0 spiro atoms. The van der Waals surface area contributed by atoms with Crippen LogP contribution in [0.5, 0.6) is 0 Å². The van der Waals surface area contributed by atoms with Crippen LogP contribution in [0.1, 0.15) is 44.5 Å². The van der Waals surface area contributed by atoms with E-state index in [1.165, 1.54) is 11.8 Å². The average molecular weight is 382 g/mol. The zero-order valence-electron chi connectivity index (χ0n) is 15.9. The molecule has 140 valence electrons. The minimum Gasteiger partial charge on any atom is -0.347 e. The molecule has 3 aromatic rings. The molecule has 0 amide bonds. The lowest BCUT2D eigenvalue weighted by Gasteiger charge is -2.14. The van der Waals surface area contributed by atoms with E-state index in [9.17, 15) is 0 Å². The Labute approximate surface area is 162 Å². The highest BCUT2D eigenvalue weighted by Gasteiger charge is 2.31. The molecule has 4 rings (SSSR count). The summed E-state index contributed by atoms with van der Waals surface area (Å²) in [7, 11) is 3.87. The lowest BCUT2D eigenvalue weighted by Crippen LogP contribution is -2.16. The second-order valence-corrected chi connectivity index (χ2v) is 8.01. The van der Waals surface area contributed by atoms with Gasteiger partial charge >= 0.3 is 0 Å². The lowest BCUT2D eigenvalue weighted by molar-refractivity contribution is 0.665. The molecule has 1 fully saturated rings. The summed E-state index contributed by atoms with van der Waals surface area (Å²) in [5.74, 6) is 2.53. The average Bonchev–Trinajstić information content (AvgIpc) is 3.42. The molecule has 1 saturated carbocycles. The van der Waals surface area contributed by atoms with Gasteiger partial charge in [-0.25, -0.2) is 4.98 Å². The number of anilines is 1. The minimum absolute atomic E-state index is 0.222. The SMILES string of the molecule is CC(C)c1nc(Sc2nnc(-c3ccncc3)n2C2CC2)nc(N(C)C)n1. The predicted octanol–water partition coefficient (Wildman–Crippen LogP) is 3.20. The maximum absolute atomic E-state index is 4.64. The van der Waals surface area contributed by atoms with Gasteiger partial charge in [0, 0.05) is 44.0 Å². The molecular formula is C18H22N8S. The standard InChI is InChI=1S/C18H22N8S/c1-11(2)14-20-16(25(3)4)22-17(21-14)27-18-24-23-15(26(18)13-5-6-13)12-7-9-19-10-8-12/h7-11,13H,5-6H2,1-4H3. The first-order valence-corrected chi connectivity index (χ1v) is 9.81. The minimum atomic E-state index is 0.222. The van der Waals surface area contributed by atoms with Crippen molar-refractivity contribution in [1.29, 1.82) is 0 Å². The molecule has 0 unspecified atom stereocenters. The number of hydrogen-bond donors (Lipinski definition) is 0. The number of hydrogen-bond acceptors (Lipinski definition) is 8. The maximum Gasteiger partial charge on any atom is 0.229 e. The third-order valence-corrected chi connectivity index (χ3v) is 5.06. The monoisotopic (exact) mass is 382 g/mol. The van der Waals surface area contributed by atoms with Crippen molar-refractivity contribution in [2.45, 2.75) is 49.0 Å². The molecule has 8 nitrogen and oxygen atoms in total. The Hall–Kier alpha value is -2.55. The summed E-state index contributed by atoms with van der Waals surface area (Å²) in [4.78, 5) is 19.8. The number of pyridine rings is 1. The van der Waals surface area contributed by atoms with Crippen molar-refractivity contribution >= 4 is 17.7 Å². The highest BCUT2D eigenvalue weighted by molar-refractivity contribution is 7.99. The first kappa shape index (κ1) is 17.8. The van der Waals surface area contributed by atoms with Crippen molar-refractivity contribution in [2.75, 3.05) is 19.0 Å². The number of aromatic nitrogens is 7. The van der Waals surface area contributed by atoms with E-state index in [2.05, 4.69) is 48.5 Å².